The maximum atomic E-state index is 13.8. The monoisotopic (exact) mass is 454 g/mol. The summed E-state index contributed by atoms with van der Waals surface area (Å²) in [5.74, 6) is -0.0600. The predicted molar refractivity (Wildman–Crippen MR) is 145 cm³/mol. The summed E-state index contributed by atoms with van der Waals surface area (Å²) in [5, 5.41) is 0. The van der Waals surface area contributed by atoms with Crippen LogP contribution in [-0.2, 0) is 6.54 Å². The van der Waals surface area contributed by atoms with Crippen LogP contribution in [0.15, 0.2) is 146 Å². The van der Waals surface area contributed by atoms with Crippen LogP contribution in [-0.4, -0.2) is 5.91 Å². The zero-order valence-electron chi connectivity index (χ0n) is 19.4. The molecule has 5 aromatic carbocycles. The lowest BCUT2D eigenvalue weighted by Gasteiger charge is -2.26. The van der Waals surface area contributed by atoms with E-state index in [4.69, 9.17) is 0 Å². The normalized spacial score (nSPS) is 10.5. The fourth-order valence-corrected chi connectivity index (χ4v) is 4.20. The highest BCUT2D eigenvalue weighted by Crippen LogP contribution is 2.29. The van der Waals surface area contributed by atoms with Crippen molar-refractivity contribution in [3.05, 3.63) is 157 Å². The van der Waals surface area contributed by atoms with Crippen LogP contribution in [0.25, 0.3) is 0 Å². The average molecular weight is 455 g/mol. The molecule has 0 atom stereocenters. The number of carbonyl (C=O) groups excluding carboxylic acids is 1. The molecule has 3 heteroatoms. The first-order valence-corrected chi connectivity index (χ1v) is 11.7. The first-order valence-electron chi connectivity index (χ1n) is 11.7. The van der Waals surface area contributed by atoms with Gasteiger partial charge in [-0.3, -0.25) is 9.69 Å². The highest BCUT2D eigenvalue weighted by Gasteiger charge is 2.20. The third-order valence-corrected chi connectivity index (χ3v) is 5.88. The van der Waals surface area contributed by atoms with E-state index in [0.29, 0.717) is 12.1 Å². The molecular weight excluding hydrogens is 428 g/mol. The minimum absolute atomic E-state index is 0.0600. The van der Waals surface area contributed by atoms with E-state index < -0.39 is 0 Å². The number of amides is 1. The quantitative estimate of drug-likeness (QED) is 0.249. The van der Waals surface area contributed by atoms with Gasteiger partial charge in [0, 0.05) is 34.9 Å². The van der Waals surface area contributed by atoms with Crippen LogP contribution < -0.4 is 9.80 Å². The number of benzene rings is 5. The van der Waals surface area contributed by atoms with E-state index >= 15 is 0 Å². The summed E-state index contributed by atoms with van der Waals surface area (Å²) in [4.78, 5) is 17.9. The van der Waals surface area contributed by atoms with Gasteiger partial charge < -0.3 is 4.90 Å². The Bertz CT molecular complexity index is 1290. The number of nitrogens with zero attached hydrogens (tertiary/aromatic N) is 2. The smallest absolute Gasteiger partial charge is 0.262 e. The van der Waals surface area contributed by atoms with Gasteiger partial charge in [-0.25, -0.2) is 0 Å². The van der Waals surface area contributed by atoms with Crippen molar-refractivity contribution in [2.45, 2.75) is 6.54 Å². The lowest BCUT2D eigenvalue weighted by molar-refractivity contribution is 0.0999. The molecule has 5 aromatic rings. The molecule has 35 heavy (non-hydrogen) atoms. The molecule has 0 unspecified atom stereocenters. The predicted octanol–water partition coefficient (Wildman–Crippen LogP) is 8.00. The molecule has 1 amide bonds. The number of hydrogen-bond donors (Lipinski definition) is 0. The second-order valence-electron chi connectivity index (χ2n) is 8.27. The molecule has 0 bridgehead atoms. The summed E-state index contributed by atoms with van der Waals surface area (Å²) in [6.07, 6.45) is 0. The van der Waals surface area contributed by atoms with Crippen LogP contribution in [0.5, 0.6) is 0 Å². The highest BCUT2D eigenvalue weighted by molar-refractivity contribution is 6.11. The van der Waals surface area contributed by atoms with E-state index in [-0.39, 0.29) is 5.91 Å². The van der Waals surface area contributed by atoms with Gasteiger partial charge in [-0.2, -0.15) is 0 Å². The van der Waals surface area contributed by atoms with E-state index in [1.165, 1.54) is 0 Å². The second kappa shape index (κ2) is 10.5. The Morgan fingerprint density at radius 1 is 0.486 bits per heavy atom. The lowest BCUT2D eigenvalue weighted by Crippen LogP contribution is -2.26. The molecule has 0 fully saturated rings. The lowest BCUT2D eigenvalue weighted by atomic mass is 10.1. The largest absolute Gasteiger partial charge is 0.337 e. The molecule has 170 valence electrons. The Kier molecular flexibility index (Phi) is 6.67. The van der Waals surface area contributed by atoms with Crippen molar-refractivity contribution in [2.75, 3.05) is 9.80 Å². The molecule has 0 aromatic heterocycles. The molecule has 0 saturated heterocycles. The molecule has 5 rings (SSSR count). The first-order chi connectivity index (χ1) is 17.3. The minimum Gasteiger partial charge on any atom is -0.337 e. The van der Waals surface area contributed by atoms with Gasteiger partial charge >= 0.3 is 0 Å². The molecule has 0 saturated carbocycles. The Morgan fingerprint density at radius 2 is 0.914 bits per heavy atom. The molecule has 0 N–H and O–H groups in total. The van der Waals surface area contributed by atoms with Crippen molar-refractivity contribution >= 4 is 28.7 Å². The third-order valence-electron chi connectivity index (χ3n) is 5.88. The summed E-state index contributed by atoms with van der Waals surface area (Å²) in [5.41, 5.74) is 5.59. The van der Waals surface area contributed by atoms with Gasteiger partial charge in [0.15, 0.2) is 0 Å². The molecule has 3 nitrogen and oxygen atoms in total. The number of para-hydroxylation sites is 4. The van der Waals surface area contributed by atoms with Gasteiger partial charge in [0.1, 0.15) is 0 Å². The fourth-order valence-electron chi connectivity index (χ4n) is 4.20. The Morgan fingerprint density at radius 3 is 1.37 bits per heavy atom. The number of carbonyl (C=O) groups is 1. The van der Waals surface area contributed by atoms with Crippen molar-refractivity contribution in [3.63, 3.8) is 0 Å². The maximum Gasteiger partial charge on any atom is 0.262 e. The van der Waals surface area contributed by atoms with E-state index in [1.54, 1.807) is 4.90 Å². The Hall–Kier alpha value is -4.63. The van der Waals surface area contributed by atoms with E-state index in [9.17, 15) is 4.79 Å². The third kappa shape index (κ3) is 5.15. The Balaban J connectivity index is 1.49. The van der Waals surface area contributed by atoms with Crippen molar-refractivity contribution in [3.8, 4) is 0 Å². The maximum absolute atomic E-state index is 13.8. The number of hydrogen-bond acceptors (Lipinski definition) is 2. The van der Waals surface area contributed by atoms with Crippen LogP contribution in [0, 0.1) is 0 Å². The van der Waals surface area contributed by atoms with Crippen LogP contribution in [0.3, 0.4) is 0 Å². The van der Waals surface area contributed by atoms with Crippen LogP contribution >= 0.6 is 0 Å². The van der Waals surface area contributed by atoms with Crippen molar-refractivity contribution in [1.82, 2.24) is 0 Å². The molecule has 0 spiro atoms. The number of rotatable bonds is 7. The van der Waals surface area contributed by atoms with E-state index in [0.717, 1.165) is 28.3 Å². The minimum atomic E-state index is -0.0600. The first kappa shape index (κ1) is 22.2. The second-order valence-corrected chi connectivity index (χ2v) is 8.27. The van der Waals surface area contributed by atoms with Gasteiger partial charge in [-0.05, 0) is 66.2 Å². The molecule has 0 radical (unpaired) electrons. The highest BCUT2D eigenvalue weighted by atomic mass is 16.2. The Labute approximate surface area is 206 Å². The standard InChI is InChI=1S/C32H26N2O/c35-32(34(30-20-9-3-10-21-30)31-22-11-4-12-23-31)27-15-13-14-26(24-27)25-33(28-16-5-1-6-17-28)29-18-7-2-8-19-29/h1-24H,25H2. The van der Waals surface area contributed by atoms with E-state index in [1.807, 2.05) is 115 Å². The van der Waals surface area contributed by atoms with Gasteiger partial charge in [0.25, 0.3) is 5.91 Å². The molecule has 0 aliphatic rings. The van der Waals surface area contributed by atoms with Crippen molar-refractivity contribution in [2.24, 2.45) is 0 Å². The fraction of sp³-hybridized carbons (Fsp3) is 0.0312. The zero-order chi connectivity index (χ0) is 23.9. The van der Waals surface area contributed by atoms with Gasteiger partial charge in [0.05, 0.1) is 0 Å². The van der Waals surface area contributed by atoms with Gasteiger partial charge in [-0.15, -0.1) is 0 Å². The summed E-state index contributed by atoms with van der Waals surface area (Å²) >= 11 is 0. The summed E-state index contributed by atoms with van der Waals surface area (Å²) in [6.45, 7) is 0.645. The van der Waals surface area contributed by atoms with Gasteiger partial charge in [0.2, 0.25) is 0 Å². The van der Waals surface area contributed by atoms with Crippen LogP contribution in [0.2, 0.25) is 0 Å². The molecule has 0 heterocycles. The molecule has 0 aliphatic heterocycles. The summed E-state index contributed by atoms with van der Waals surface area (Å²) < 4.78 is 0. The summed E-state index contributed by atoms with van der Waals surface area (Å²) in [6, 6.07) is 48.1. The topological polar surface area (TPSA) is 23.6 Å². The van der Waals surface area contributed by atoms with Crippen molar-refractivity contribution in [1.29, 1.82) is 0 Å². The van der Waals surface area contributed by atoms with Crippen LogP contribution in [0.4, 0.5) is 22.7 Å². The average Bonchev–Trinajstić information content (AvgIpc) is 2.94. The number of anilines is 4. The molecule has 0 aliphatic carbocycles. The molecular formula is C32H26N2O. The van der Waals surface area contributed by atoms with Gasteiger partial charge in [-0.1, -0.05) is 84.9 Å². The summed E-state index contributed by atoms with van der Waals surface area (Å²) in [7, 11) is 0. The van der Waals surface area contributed by atoms with E-state index in [2.05, 4.69) is 35.2 Å². The zero-order valence-corrected chi connectivity index (χ0v) is 19.4. The van der Waals surface area contributed by atoms with Crippen LogP contribution in [0.1, 0.15) is 15.9 Å². The SMILES string of the molecule is O=C(c1cccc(CN(c2ccccc2)c2ccccc2)c1)N(c1ccccc1)c1ccccc1. The van der Waals surface area contributed by atoms with Crippen molar-refractivity contribution < 1.29 is 4.79 Å².